The summed E-state index contributed by atoms with van der Waals surface area (Å²) in [6, 6.07) is 0. The van der Waals surface area contributed by atoms with E-state index in [0.29, 0.717) is 5.41 Å². The van der Waals surface area contributed by atoms with Crippen LogP contribution in [-0.4, -0.2) is 37.6 Å². The molecule has 0 aromatic rings. The van der Waals surface area contributed by atoms with Gasteiger partial charge in [0.1, 0.15) is 0 Å². The number of nitrogens with zero attached hydrogens (tertiary/aromatic N) is 1. The number of nitrogens with one attached hydrogen (secondary N) is 1. The molecule has 0 unspecified atom stereocenters. The van der Waals surface area contributed by atoms with Crippen LogP contribution in [0.1, 0.15) is 54.4 Å². The van der Waals surface area contributed by atoms with E-state index < -0.39 is 0 Å². The molecule has 0 fully saturated rings. The molecule has 2 heteroatoms. The minimum atomic E-state index is 0.374. The Morgan fingerprint density at radius 1 is 1.18 bits per heavy atom. The molecule has 0 aromatic heterocycles. The van der Waals surface area contributed by atoms with Gasteiger partial charge < -0.3 is 10.2 Å². The molecular formula is C15H34N2. The molecule has 0 radical (unpaired) electrons. The van der Waals surface area contributed by atoms with Crippen molar-refractivity contribution in [3.8, 4) is 0 Å². The number of hydrogen-bond acceptors (Lipinski definition) is 2. The molecular weight excluding hydrogens is 208 g/mol. The molecule has 0 saturated carbocycles. The third kappa shape index (κ3) is 9.61. The van der Waals surface area contributed by atoms with Crippen molar-refractivity contribution in [2.75, 3.05) is 32.7 Å². The van der Waals surface area contributed by atoms with Crippen LogP contribution in [0.15, 0.2) is 0 Å². The molecule has 0 heterocycles. The number of rotatable bonds is 10. The van der Waals surface area contributed by atoms with Crippen molar-refractivity contribution in [1.82, 2.24) is 10.2 Å². The minimum Gasteiger partial charge on any atom is -0.316 e. The molecule has 17 heavy (non-hydrogen) atoms. The van der Waals surface area contributed by atoms with Crippen LogP contribution in [-0.2, 0) is 0 Å². The van der Waals surface area contributed by atoms with Crippen molar-refractivity contribution in [2.24, 2.45) is 11.3 Å². The summed E-state index contributed by atoms with van der Waals surface area (Å²) < 4.78 is 0. The highest BCUT2D eigenvalue weighted by Gasteiger charge is 2.20. The maximum atomic E-state index is 3.58. The third-order valence-electron chi connectivity index (χ3n) is 3.08. The Morgan fingerprint density at radius 2 is 1.82 bits per heavy atom. The molecule has 0 amide bonds. The van der Waals surface area contributed by atoms with E-state index in [4.69, 9.17) is 0 Å². The molecule has 0 aromatic carbocycles. The Hall–Kier alpha value is -0.0800. The van der Waals surface area contributed by atoms with Gasteiger partial charge in [-0.2, -0.15) is 0 Å². The highest BCUT2D eigenvalue weighted by atomic mass is 15.1. The zero-order chi connectivity index (χ0) is 13.3. The van der Waals surface area contributed by atoms with Crippen LogP contribution in [0.3, 0.4) is 0 Å². The molecule has 0 atom stereocenters. The molecule has 104 valence electrons. The fraction of sp³-hybridized carbons (Fsp3) is 1.00. The Labute approximate surface area is 109 Å². The number of hydrogen-bond donors (Lipinski definition) is 1. The normalized spacial score (nSPS) is 12.7. The maximum Gasteiger partial charge on any atom is 0.00447 e. The molecule has 1 N–H and O–H groups in total. The summed E-state index contributed by atoms with van der Waals surface area (Å²) in [7, 11) is 0. The van der Waals surface area contributed by atoms with Gasteiger partial charge in [-0.25, -0.2) is 0 Å². The van der Waals surface area contributed by atoms with Gasteiger partial charge >= 0.3 is 0 Å². The summed E-state index contributed by atoms with van der Waals surface area (Å²) in [5, 5.41) is 3.58. The molecule has 0 aliphatic carbocycles. The van der Waals surface area contributed by atoms with Crippen molar-refractivity contribution in [3.05, 3.63) is 0 Å². The highest BCUT2D eigenvalue weighted by Crippen LogP contribution is 2.16. The molecule has 0 aliphatic rings. The van der Waals surface area contributed by atoms with Crippen molar-refractivity contribution in [1.29, 1.82) is 0 Å². The predicted molar refractivity (Wildman–Crippen MR) is 78.5 cm³/mol. The van der Waals surface area contributed by atoms with Gasteiger partial charge in [0.25, 0.3) is 0 Å². The second kappa shape index (κ2) is 8.93. The van der Waals surface area contributed by atoms with E-state index in [1.54, 1.807) is 0 Å². The van der Waals surface area contributed by atoms with Gasteiger partial charge in [0.15, 0.2) is 0 Å². The van der Waals surface area contributed by atoms with E-state index in [1.807, 2.05) is 0 Å². The van der Waals surface area contributed by atoms with E-state index in [1.165, 1.54) is 32.5 Å². The van der Waals surface area contributed by atoms with Gasteiger partial charge in [-0.05, 0) is 37.4 Å². The first-order chi connectivity index (χ1) is 7.91. The van der Waals surface area contributed by atoms with Crippen molar-refractivity contribution >= 4 is 0 Å². The van der Waals surface area contributed by atoms with E-state index in [0.717, 1.165) is 19.0 Å². The summed E-state index contributed by atoms with van der Waals surface area (Å²) >= 11 is 0. The Balaban J connectivity index is 3.93. The molecule has 0 spiro atoms. The Kier molecular flexibility index (Phi) is 8.89. The topological polar surface area (TPSA) is 15.3 Å². The SMILES string of the molecule is CCCCN(CC)CC(C)(C)CNCC(C)C. The monoisotopic (exact) mass is 242 g/mol. The van der Waals surface area contributed by atoms with E-state index in [-0.39, 0.29) is 0 Å². The quantitative estimate of drug-likeness (QED) is 0.632. The maximum absolute atomic E-state index is 3.58. The van der Waals surface area contributed by atoms with Crippen LogP contribution in [0.5, 0.6) is 0 Å². The Bertz CT molecular complexity index is 176. The summed E-state index contributed by atoms with van der Waals surface area (Å²) in [6.45, 7) is 19.7. The van der Waals surface area contributed by atoms with Gasteiger partial charge in [0, 0.05) is 13.1 Å². The van der Waals surface area contributed by atoms with Crippen LogP contribution >= 0.6 is 0 Å². The lowest BCUT2D eigenvalue weighted by Crippen LogP contribution is -2.41. The first kappa shape index (κ1) is 16.9. The smallest absolute Gasteiger partial charge is 0.00447 e. The zero-order valence-corrected chi connectivity index (χ0v) is 13.0. The van der Waals surface area contributed by atoms with Gasteiger partial charge in [-0.1, -0.05) is 48.0 Å². The predicted octanol–water partition coefficient (Wildman–Crippen LogP) is 3.38. The molecule has 0 aliphatic heterocycles. The lowest BCUT2D eigenvalue weighted by molar-refractivity contribution is 0.178. The summed E-state index contributed by atoms with van der Waals surface area (Å²) in [6.07, 6.45) is 2.62. The Morgan fingerprint density at radius 3 is 2.29 bits per heavy atom. The molecule has 0 bridgehead atoms. The average molecular weight is 242 g/mol. The van der Waals surface area contributed by atoms with Crippen LogP contribution < -0.4 is 5.32 Å². The third-order valence-corrected chi connectivity index (χ3v) is 3.08. The van der Waals surface area contributed by atoms with Crippen LogP contribution in [0, 0.1) is 11.3 Å². The first-order valence-corrected chi connectivity index (χ1v) is 7.34. The summed E-state index contributed by atoms with van der Waals surface area (Å²) in [5.41, 5.74) is 0.374. The molecule has 0 rings (SSSR count). The lowest BCUT2D eigenvalue weighted by atomic mass is 9.92. The molecule has 2 nitrogen and oxygen atoms in total. The molecule has 0 saturated heterocycles. The second-order valence-electron chi connectivity index (χ2n) is 6.41. The largest absolute Gasteiger partial charge is 0.316 e. The van der Waals surface area contributed by atoms with Crippen LogP contribution in [0.4, 0.5) is 0 Å². The van der Waals surface area contributed by atoms with Crippen molar-refractivity contribution in [3.63, 3.8) is 0 Å². The number of unbranched alkanes of at least 4 members (excludes halogenated alkanes) is 1. The first-order valence-electron chi connectivity index (χ1n) is 7.34. The fourth-order valence-corrected chi connectivity index (χ4v) is 2.09. The summed E-state index contributed by atoms with van der Waals surface area (Å²) in [4.78, 5) is 2.58. The average Bonchev–Trinajstić information content (AvgIpc) is 2.23. The van der Waals surface area contributed by atoms with Gasteiger partial charge in [0.05, 0.1) is 0 Å². The summed E-state index contributed by atoms with van der Waals surface area (Å²) in [5.74, 6) is 0.744. The highest BCUT2D eigenvalue weighted by molar-refractivity contribution is 4.76. The van der Waals surface area contributed by atoms with E-state index in [2.05, 4.69) is 51.8 Å². The van der Waals surface area contributed by atoms with Crippen LogP contribution in [0.25, 0.3) is 0 Å². The van der Waals surface area contributed by atoms with Crippen LogP contribution in [0.2, 0.25) is 0 Å². The van der Waals surface area contributed by atoms with E-state index >= 15 is 0 Å². The van der Waals surface area contributed by atoms with Gasteiger partial charge in [-0.15, -0.1) is 0 Å². The fourth-order valence-electron chi connectivity index (χ4n) is 2.09. The van der Waals surface area contributed by atoms with Gasteiger partial charge in [-0.3, -0.25) is 0 Å². The standard InChI is InChI=1S/C15H34N2/c1-7-9-10-17(8-2)13-15(5,6)12-16-11-14(3)4/h14,16H,7-13H2,1-6H3. The minimum absolute atomic E-state index is 0.374. The van der Waals surface area contributed by atoms with Crippen molar-refractivity contribution in [2.45, 2.75) is 54.4 Å². The van der Waals surface area contributed by atoms with E-state index in [9.17, 15) is 0 Å². The second-order valence-corrected chi connectivity index (χ2v) is 6.41. The van der Waals surface area contributed by atoms with Crippen molar-refractivity contribution < 1.29 is 0 Å². The lowest BCUT2D eigenvalue weighted by Gasteiger charge is -2.32. The zero-order valence-electron chi connectivity index (χ0n) is 13.0. The van der Waals surface area contributed by atoms with Gasteiger partial charge in [0.2, 0.25) is 0 Å².